The third-order valence-electron chi connectivity index (χ3n) is 3.87. The van der Waals surface area contributed by atoms with Crippen LogP contribution in [0.25, 0.3) is 0 Å². The van der Waals surface area contributed by atoms with Gasteiger partial charge in [-0.05, 0) is 38.8 Å². The van der Waals surface area contributed by atoms with Gasteiger partial charge in [-0.1, -0.05) is 20.8 Å². The molecule has 0 radical (unpaired) electrons. The third kappa shape index (κ3) is 4.84. The molecule has 4 nitrogen and oxygen atoms in total. The number of likely N-dealkylation sites (tertiary alicyclic amines) is 1. The highest BCUT2D eigenvalue weighted by atomic mass is 16.2. The Kier molecular flexibility index (Phi) is 6.47. The smallest absolute Gasteiger partial charge is 0.317 e. The highest BCUT2D eigenvalue weighted by molar-refractivity contribution is 5.74. The predicted octanol–water partition coefficient (Wildman–Crippen LogP) is 2.16. The van der Waals surface area contributed by atoms with E-state index in [1.807, 2.05) is 4.90 Å². The summed E-state index contributed by atoms with van der Waals surface area (Å²) in [5.41, 5.74) is 0. The van der Waals surface area contributed by atoms with E-state index in [0.717, 1.165) is 51.5 Å². The Bertz CT molecular complexity index is 245. The first-order chi connectivity index (χ1) is 8.56. The molecular formula is C14H29N3O. The van der Waals surface area contributed by atoms with Crippen molar-refractivity contribution < 1.29 is 4.79 Å². The minimum absolute atomic E-state index is 0.113. The number of carbonyl (C=O) groups is 1. The second-order valence-corrected chi connectivity index (χ2v) is 5.51. The van der Waals surface area contributed by atoms with Crippen molar-refractivity contribution in [3.05, 3.63) is 0 Å². The van der Waals surface area contributed by atoms with Crippen molar-refractivity contribution in [3.63, 3.8) is 0 Å². The molecule has 1 heterocycles. The van der Waals surface area contributed by atoms with Gasteiger partial charge in [0.2, 0.25) is 0 Å². The van der Waals surface area contributed by atoms with Gasteiger partial charge in [0.05, 0.1) is 0 Å². The van der Waals surface area contributed by atoms with Gasteiger partial charge in [0.15, 0.2) is 0 Å². The van der Waals surface area contributed by atoms with Crippen LogP contribution in [-0.2, 0) is 0 Å². The Balaban J connectivity index is 2.30. The van der Waals surface area contributed by atoms with Gasteiger partial charge in [-0.3, -0.25) is 0 Å². The number of urea groups is 1. The molecule has 18 heavy (non-hydrogen) atoms. The topological polar surface area (TPSA) is 35.6 Å². The molecule has 0 aromatic heterocycles. The van der Waals surface area contributed by atoms with Gasteiger partial charge in [0.25, 0.3) is 0 Å². The van der Waals surface area contributed by atoms with Gasteiger partial charge in [-0.2, -0.15) is 0 Å². The first-order valence-corrected chi connectivity index (χ1v) is 7.34. The summed E-state index contributed by atoms with van der Waals surface area (Å²) in [5, 5.41) is 3.11. The fraction of sp³-hybridized carbons (Fsp3) is 0.929. The van der Waals surface area contributed by atoms with Gasteiger partial charge in [-0.15, -0.1) is 0 Å². The highest BCUT2D eigenvalue weighted by Gasteiger charge is 2.21. The number of nitrogens with zero attached hydrogens (tertiary/aromatic N) is 2. The maximum absolute atomic E-state index is 12.1. The van der Waals surface area contributed by atoms with Crippen LogP contribution in [0.15, 0.2) is 0 Å². The Labute approximate surface area is 112 Å². The number of carbonyl (C=O) groups excluding carboxylic acids is 1. The second kappa shape index (κ2) is 7.62. The Morgan fingerprint density at radius 1 is 1.33 bits per heavy atom. The maximum atomic E-state index is 12.1. The van der Waals surface area contributed by atoms with Crippen LogP contribution < -0.4 is 5.32 Å². The normalized spacial score (nSPS) is 19.1. The fourth-order valence-corrected chi connectivity index (χ4v) is 2.43. The van der Waals surface area contributed by atoms with Gasteiger partial charge in [0.1, 0.15) is 0 Å². The number of piperidine rings is 1. The third-order valence-corrected chi connectivity index (χ3v) is 3.87. The molecule has 0 aliphatic carbocycles. The molecule has 1 N–H and O–H groups in total. The van der Waals surface area contributed by atoms with Gasteiger partial charge in [-0.25, -0.2) is 4.79 Å². The Morgan fingerprint density at radius 2 is 1.89 bits per heavy atom. The number of hydrogen-bond acceptors (Lipinski definition) is 2. The van der Waals surface area contributed by atoms with Crippen molar-refractivity contribution in [1.82, 2.24) is 15.1 Å². The van der Waals surface area contributed by atoms with Crippen LogP contribution in [0.5, 0.6) is 0 Å². The highest BCUT2D eigenvalue weighted by Crippen LogP contribution is 2.15. The van der Waals surface area contributed by atoms with Crippen LogP contribution in [0.1, 0.15) is 40.5 Å². The van der Waals surface area contributed by atoms with E-state index in [1.165, 1.54) is 0 Å². The van der Waals surface area contributed by atoms with Crippen molar-refractivity contribution in [2.24, 2.45) is 5.92 Å². The number of amides is 2. The lowest BCUT2D eigenvalue weighted by Gasteiger charge is -2.32. The molecule has 1 fully saturated rings. The van der Waals surface area contributed by atoms with Crippen molar-refractivity contribution in [1.29, 1.82) is 0 Å². The molecule has 4 heteroatoms. The van der Waals surface area contributed by atoms with Crippen LogP contribution in [0.2, 0.25) is 0 Å². The number of nitrogens with one attached hydrogen (secondary N) is 1. The lowest BCUT2D eigenvalue weighted by molar-refractivity contribution is 0.167. The standard InChI is InChI=1S/C14H29N3O/c1-5-16(6-2)11-13(4)15-14(18)17-9-7-12(3)8-10-17/h12-13H,5-11H2,1-4H3,(H,15,18). The van der Waals surface area contributed by atoms with E-state index in [-0.39, 0.29) is 12.1 Å². The summed E-state index contributed by atoms with van der Waals surface area (Å²) in [6.45, 7) is 13.5. The first-order valence-electron chi connectivity index (χ1n) is 7.34. The molecule has 0 aromatic carbocycles. The Morgan fingerprint density at radius 3 is 2.39 bits per heavy atom. The molecular weight excluding hydrogens is 226 g/mol. The average Bonchev–Trinajstić information content (AvgIpc) is 2.36. The quantitative estimate of drug-likeness (QED) is 0.817. The molecule has 0 bridgehead atoms. The average molecular weight is 255 g/mol. The van der Waals surface area contributed by atoms with E-state index in [0.29, 0.717) is 0 Å². The molecule has 1 saturated heterocycles. The van der Waals surface area contributed by atoms with E-state index in [1.54, 1.807) is 0 Å². The lowest BCUT2D eigenvalue weighted by Crippen LogP contribution is -2.49. The van der Waals surface area contributed by atoms with Crippen molar-refractivity contribution in [3.8, 4) is 0 Å². The zero-order chi connectivity index (χ0) is 13.5. The molecule has 0 spiro atoms. The fourth-order valence-electron chi connectivity index (χ4n) is 2.43. The summed E-state index contributed by atoms with van der Waals surface area (Å²) < 4.78 is 0. The lowest BCUT2D eigenvalue weighted by atomic mass is 10.00. The van der Waals surface area contributed by atoms with Gasteiger partial charge in [0, 0.05) is 25.7 Å². The van der Waals surface area contributed by atoms with Crippen LogP contribution in [0.3, 0.4) is 0 Å². The summed E-state index contributed by atoms with van der Waals surface area (Å²) in [6, 6.07) is 0.332. The molecule has 1 unspecified atom stereocenters. The van der Waals surface area contributed by atoms with Crippen molar-refractivity contribution in [2.45, 2.75) is 46.6 Å². The first kappa shape index (κ1) is 15.3. The molecule has 1 aliphatic rings. The van der Waals surface area contributed by atoms with Crippen LogP contribution in [0.4, 0.5) is 4.79 Å². The molecule has 2 amide bonds. The largest absolute Gasteiger partial charge is 0.334 e. The predicted molar refractivity (Wildman–Crippen MR) is 75.8 cm³/mol. The van der Waals surface area contributed by atoms with E-state index in [2.05, 4.69) is 37.9 Å². The van der Waals surface area contributed by atoms with E-state index in [9.17, 15) is 4.79 Å². The van der Waals surface area contributed by atoms with Crippen LogP contribution in [0, 0.1) is 5.92 Å². The molecule has 0 saturated carbocycles. The summed E-state index contributed by atoms with van der Waals surface area (Å²) >= 11 is 0. The summed E-state index contributed by atoms with van der Waals surface area (Å²) in [5.74, 6) is 0.766. The van der Waals surface area contributed by atoms with Gasteiger partial charge >= 0.3 is 6.03 Å². The minimum atomic E-state index is 0.113. The van der Waals surface area contributed by atoms with Crippen molar-refractivity contribution in [2.75, 3.05) is 32.7 Å². The van der Waals surface area contributed by atoms with E-state index in [4.69, 9.17) is 0 Å². The minimum Gasteiger partial charge on any atom is -0.334 e. The van der Waals surface area contributed by atoms with Gasteiger partial charge < -0.3 is 15.1 Å². The van der Waals surface area contributed by atoms with E-state index < -0.39 is 0 Å². The second-order valence-electron chi connectivity index (χ2n) is 5.51. The zero-order valence-electron chi connectivity index (χ0n) is 12.4. The van der Waals surface area contributed by atoms with E-state index >= 15 is 0 Å². The van der Waals surface area contributed by atoms with Crippen molar-refractivity contribution >= 4 is 6.03 Å². The molecule has 1 atom stereocenters. The monoisotopic (exact) mass is 255 g/mol. The molecule has 106 valence electrons. The zero-order valence-corrected chi connectivity index (χ0v) is 12.4. The summed E-state index contributed by atoms with van der Waals surface area (Å²) in [4.78, 5) is 16.4. The molecule has 1 rings (SSSR count). The number of rotatable bonds is 5. The SMILES string of the molecule is CCN(CC)CC(C)NC(=O)N1CCC(C)CC1. The molecule has 0 aromatic rings. The summed E-state index contributed by atoms with van der Waals surface area (Å²) in [6.07, 6.45) is 2.27. The number of likely N-dealkylation sites (N-methyl/N-ethyl adjacent to an activating group) is 1. The number of hydrogen-bond donors (Lipinski definition) is 1. The molecule has 1 aliphatic heterocycles. The Hall–Kier alpha value is -0.770. The maximum Gasteiger partial charge on any atom is 0.317 e. The van der Waals surface area contributed by atoms with Crippen LogP contribution >= 0.6 is 0 Å². The summed E-state index contributed by atoms with van der Waals surface area (Å²) in [7, 11) is 0. The van der Waals surface area contributed by atoms with Crippen LogP contribution in [-0.4, -0.2) is 54.6 Å².